The van der Waals surface area contributed by atoms with Crippen LogP contribution in [0.4, 0.5) is 0 Å². The lowest BCUT2D eigenvalue weighted by Gasteiger charge is -2.03. The van der Waals surface area contributed by atoms with Crippen LogP contribution in [0.5, 0.6) is 0 Å². The molecule has 3 N–H and O–H groups in total. The highest BCUT2D eigenvalue weighted by atomic mass is 32.2. The topological polar surface area (TPSA) is 63.3 Å². The van der Waals surface area contributed by atoms with Gasteiger partial charge in [-0.3, -0.25) is 4.79 Å². The van der Waals surface area contributed by atoms with E-state index in [1.807, 2.05) is 0 Å². The number of hydrogen-bond acceptors (Lipinski definition) is 5. The van der Waals surface area contributed by atoms with Crippen LogP contribution in [0, 0.1) is 0 Å². The first-order chi connectivity index (χ1) is 4.72. The van der Waals surface area contributed by atoms with E-state index in [0.717, 1.165) is 11.8 Å². The van der Waals surface area contributed by atoms with E-state index in [-0.39, 0.29) is 11.7 Å². The SMILES string of the molecule is N[C@@H](CS)C(=O)SCCO. The van der Waals surface area contributed by atoms with E-state index in [9.17, 15) is 4.79 Å². The highest BCUT2D eigenvalue weighted by molar-refractivity contribution is 8.13. The molecule has 0 rings (SSSR count). The molecule has 0 aromatic rings. The Morgan fingerprint density at radius 2 is 2.40 bits per heavy atom. The van der Waals surface area contributed by atoms with Gasteiger partial charge in [-0.15, -0.1) is 0 Å². The molecular weight excluding hydrogens is 170 g/mol. The van der Waals surface area contributed by atoms with E-state index in [1.165, 1.54) is 0 Å². The van der Waals surface area contributed by atoms with Crippen molar-refractivity contribution in [3.05, 3.63) is 0 Å². The molecule has 0 amide bonds. The van der Waals surface area contributed by atoms with Crippen molar-refractivity contribution in [2.24, 2.45) is 5.73 Å². The zero-order valence-electron chi connectivity index (χ0n) is 5.49. The fourth-order valence-electron chi connectivity index (χ4n) is 0.328. The smallest absolute Gasteiger partial charge is 0.206 e. The standard InChI is InChI=1S/C5H11NO2S2/c6-4(3-9)5(8)10-2-1-7/h4,7,9H,1-3,6H2/t4-/m0/s1. The fourth-order valence-corrected chi connectivity index (χ4v) is 1.21. The van der Waals surface area contributed by atoms with Crippen LogP contribution in [-0.2, 0) is 4.79 Å². The molecule has 0 saturated heterocycles. The minimum atomic E-state index is -0.500. The monoisotopic (exact) mass is 181 g/mol. The number of aliphatic hydroxyl groups excluding tert-OH is 1. The third kappa shape index (κ3) is 4.16. The molecule has 0 radical (unpaired) electrons. The lowest BCUT2D eigenvalue weighted by molar-refractivity contribution is -0.111. The maximum atomic E-state index is 10.8. The van der Waals surface area contributed by atoms with Crippen LogP contribution in [0.3, 0.4) is 0 Å². The second-order valence-electron chi connectivity index (χ2n) is 1.68. The average molecular weight is 181 g/mol. The van der Waals surface area contributed by atoms with Crippen LogP contribution >= 0.6 is 24.4 Å². The first-order valence-electron chi connectivity index (χ1n) is 2.86. The van der Waals surface area contributed by atoms with Gasteiger partial charge in [0, 0.05) is 11.5 Å². The van der Waals surface area contributed by atoms with Crippen molar-refractivity contribution >= 4 is 29.5 Å². The number of carbonyl (C=O) groups is 1. The van der Waals surface area contributed by atoms with Gasteiger partial charge in [-0.1, -0.05) is 11.8 Å². The number of rotatable bonds is 4. The summed E-state index contributed by atoms with van der Waals surface area (Å²) < 4.78 is 0. The Balaban J connectivity index is 3.42. The first kappa shape index (κ1) is 10.3. The summed E-state index contributed by atoms with van der Waals surface area (Å²) in [6.45, 7) is 0.00962. The molecule has 0 bridgehead atoms. The third-order valence-corrected chi connectivity index (χ3v) is 2.20. The summed E-state index contributed by atoms with van der Waals surface area (Å²) in [7, 11) is 0. The van der Waals surface area contributed by atoms with E-state index in [4.69, 9.17) is 10.8 Å². The summed E-state index contributed by atoms with van der Waals surface area (Å²) in [5.74, 6) is 0.775. The molecule has 0 spiro atoms. The lowest BCUT2D eigenvalue weighted by Crippen LogP contribution is -2.30. The fraction of sp³-hybridized carbons (Fsp3) is 0.800. The number of nitrogens with two attached hydrogens (primary N) is 1. The third-order valence-electron chi connectivity index (χ3n) is 0.835. The van der Waals surface area contributed by atoms with Crippen LogP contribution in [0.1, 0.15) is 0 Å². The zero-order chi connectivity index (χ0) is 7.98. The van der Waals surface area contributed by atoms with Crippen molar-refractivity contribution in [2.45, 2.75) is 6.04 Å². The Hall–Kier alpha value is 0.290. The van der Waals surface area contributed by atoms with E-state index >= 15 is 0 Å². The summed E-state index contributed by atoms with van der Waals surface area (Å²) in [4.78, 5) is 10.8. The molecule has 3 nitrogen and oxygen atoms in total. The molecule has 10 heavy (non-hydrogen) atoms. The predicted octanol–water partition coefficient (Wildman–Crippen LogP) is -0.504. The molecule has 60 valence electrons. The second kappa shape index (κ2) is 6.03. The normalized spacial score (nSPS) is 13.1. The van der Waals surface area contributed by atoms with E-state index in [0.29, 0.717) is 11.5 Å². The lowest BCUT2D eigenvalue weighted by atomic mass is 10.4. The van der Waals surface area contributed by atoms with Gasteiger partial charge < -0.3 is 10.8 Å². The highest BCUT2D eigenvalue weighted by Gasteiger charge is 2.10. The van der Waals surface area contributed by atoms with Gasteiger partial charge >= 0.3 is 0 Å². The zero-order valence-corrected chi connectivity index (χ0v) is 7.20. The van der Waals surface area contributed by atoms with Gasteiger partial charge in [0.25, 0.3) is 0 Å². The molecule has 0 heterocycles. The van der Waals surface area contributed by atoms with Gasteiger partial charge in [-0.2, -0.15) is 12.6 Å². The van der Waals surface area contributed by atoms with Gasteiger partial charge in [-0.25, -0.2) is 0 Å². The maximum Gasteiger partial charge on any atom is 0.206 e. The Labute approximate surface area is 69.8 Å². The quantitative estimate of drug-likeness (QED) is 0.511. The molecule has 0 fully saturated rings. The van der Waals surface area contributed by atoms with Crippen molar-refractivity contribution in [2.75, 3.05) is 18.1 Å². The summed E-state index contributed by atoms with van der Waals surface area (Å²) in [6, 6.07) is -0.500. The van der Waals surface area contributed by atoms with Gasteiger partial charge in [0.05, 0.1) is 12.6 Å². The number of thiol groups is 1. The van der Waals surface area contributed by atoms with Crippen LogP contribution in [0.15, 0.2) is 0 Å². The first-order valence-corrected chi connectivity index (χ1v) is 4.48. The molecule has 0 aliphatic heterocycles. The van der Waals surface area contributed by atoms with Crippen molar-refractivity contribution in [3.63, 3.8) is 0 Å². The van der Waals surface area contributed by atoms with Crippen molar-refractivity contribution in [3.8, 4) is 0 Å². The minimum Gasteiger partial charge on any atom is -0.396 e. The van der Waals surface area contributed by atoms with E-state index in [2.05, 4.69) is 12.6 Å². The van der Waals surface area contributed by atoms with E-state index in [1.54, 1.807) is 0 Å². The van der Waals surface area contributed by atoms with Gasteiger partial charge in [-0.05, 0) is 0 Å². The summed E-state index contributed by atoms with van der Waals surface area (Å²) in [6.07, 6.45) is 0. The Morgan fingerprint density at radius 3 is 2.80 bits per heavy atom. The number of thioether (sulfide) groups is 1. The van der Waals surface area contributed by atoms with Crippen LogP contribution in [0.2, 0.25) is 0 Å². The van der Waals surface area contributed by atoms with Crippen LogP contribution < -0.4 is 5.73 Å². The number of aliphatic hydroxyl groups is 1. The molecule has 0 aliphatic rings. The summed E-state index contributed by atoms with van der Waals surface area (Å²) in [5, 5.41) is 8.23. The molecule has 0 aliphatic carbocycles. The molecule has 5 heteroatoms. The number of hydrogen-bond donors (Lipinski definition) is 3. The summed E-state index contributed by atoms with van der Waals surface area (Å²) in [5.41, 5.74) is 5.33. The minimum absolute atomic E-state index is 0.00962. The molecule has 1 atom stereocenters. The average Bonchev–Trinajstić information content (AvgIpc) is 1.98. The molecule has 0 aromatic carbocycles. The largest absolute Gasteiger partial charge is 0.396 e. The summed E-state index contributed by atoms with van der Waals surface area (Å²) >= 11 is 4.90. The van der Waals surface area contributed by atoms with E-state index < -0.39 is 6.04 Å². The van der Waals surface area contributed by atoms with Crippen LogP contribution in [0.25, 0.3) is 0 Å². The predicted molar refractivity (Wildman–Crippen MR) is 46.4 cm³/mol. The Kier molecular flexibility index (Phi) is 6.20. The Morgan fingerprint density at radius 1 is 1.80 bits per heavy atom. The van der Waals surface area contributed by atoms with Crippen molar-refractivity contribution in [1.82, 2.24) is 0 Å². The second-order valence-corrected chi connectivity index (χ2v) is 3.14. The van der Waals surface area contributed by atoms with Gasteiger partial charge in [0.2, 0.25) is 5.12 Å². The number of carbonyl (C=O) groups excluding carboxylic acids is 1. The van der Waals surface area contributed by atoms with Crippen LogP contribution in [-0.4, -0.2) is 34.4 Å². The molecular formula is C5H11NO2S2. The Bertz CT molecular complexity index is 110. The van der Waals surface area contributed by atoms with Gasteiger partial charge in [0.1, 0.15) is 0 Å². The maximum absolute atomic E-state index is 10.8. The van der Waals surface area contributed by atoms with Crippen molar-refractivity contribution in [1.29, 1.82) is 0 Å². The molecule has 0 unspecified atom stereocenters. The molecule has 0 saturated carbocycles. The van der Waals surface area contributed by atoms with Crippen molar-refractivity contribution < 1.29 is 9.90 Å². The highest BCUT2D eigenvalue weighted by Crippen LogP contribution is 2.03. The molecule has 0 aromatic heterocycles. The van der Waals surface area contributed by atoms with Gasteiger partial charge in [0.15, 0.2) is 0 Å².